The Morgan fingerprint density at radius 1 is 1.28 bits per heavy atom. The zero-order valence-electron chi connectivity index (χ0n) is 10.2. The molecule has 0 saturated heterocycles. The lowest BCUT2D eigenvalue weighted by molar-refractivity contribution is 0.415. The molecule has 0 unspecified atom stereocenters. The minimum Gasteiger partial charge on any atom is -0.497 e. The molecule has 2 rings (SSSR count). The summed E-state index contributed by atoms with van der Waals surface area (Å²) in [6, 6.07) is 9.39. The molecule has 0 aliphatic rings. The first kappa shape index (κ1) is 11.9. The van der Waals surface area contributed by atoms with Gasteiger partial charge in [-0.05, 0) is 30.2 Å². The summed E-state index contributed by atoms with van der Waals surface area (Å²) in [6.45, 7) is 1.77. The lowest BCUT2D eigenvalue weighted by atomic mass is 10.00. The lowest BCUT2D eigenvalue weighted by Crippen LogP contribution is -2.12. The molecule has 4 nitrogen and oxygen atoms in total. The van der Waals surface area contributed by atoms with Gasteiger partial charge in [0.1, 0.15) is 17.4 Å². The molecule has 0 radical (unpaired) electrons. The largest absolute Gasteiger partial charge is 0.497 e. The first-order valence-electron chi connectivity index (χ1n) is 5.44. The number of nitrogens with zero attached hydrogens (tertiary/aromatic N) is 1. The number of H-pyrrole nitrogens is 1. The fourth-order valence-electron chi connectivity index (χ4n) is 1.83. The highest BCUT2D eigenvalue weighted by molar-refractivity contribution is 5.69. The Labute approximate surface area is 104 Å². The van der Waals surface area contributed by atoms with E-state index in [9.17, 15) is 4.79 Å². The van der Waals surface area contributed by atoms with Gasteiger partial charge < -0.3 is 9.72 Å². The fraction of sp³-hybridized carbons (Fsp3) is 0.143. The molecule has 90 valence electrons. The van der Waals surface area contributed by atoms with Gasteiger partial charge in [0.15, 0.2) is 0 Å². The highest BCUT2D eigenvalue weighted by Gasteiger charge is 2.09. The van der Waals surface area contributed by atoms with Crippen LogP contribution in [-0.4, -0.2) is 12.1 Å². The normalized spacial score (nSPS) is 9.83. The summed E-state index contributed by atoms with van der Waals surface area (Å²) < 4.78 is 5.09. The van der Waals surface area contributed by atoms with Crippen LogP contribution in [0.5, 0.6) is 5.75 Å². The van der Waals surface area contributed by atoms with Crippen molar-refractivity contribution in [2.75, 3.05) is 7.11 Å². The third-order valence-electron chi connectivity index (χ3n) is 2.87. The van der Waals surface area contributed by atoms with Gasteiger partial charge in [-0.3, -0.25) is 4.79 Å². The van der Waals surface area contributed by atoms with Gasteiger partial charge in [0.25, 0.3) is 5.56 Å². The quantitative estimate of drug-likeness (QED) is 0.875. The summed E-state index contributed by atoms with van der Waals surface area (Å²) in [4.78, 5) is 14.0. The van der Waals surface area contributed by atoms with E-state index in [0.717, 1.165) is 16.9 Å². The maximum atomic E-state index is 11.5. The number of rotatable bonds is 2. The summed E-state index contributed by atoms with van der Waals surface area (Å²) in [5, 5.41) is 8.96. The first-order valence-corrected chi connectivity index (χ1v) is 5.44. The van der Waals surface area contributed by atoms with Crippen molar-refractivity contribution in [3.05, 3.63) is 51.9 Å². The molecule has 0 bridgehead atoms. The second kappa shape index (κ2) is 4.76. The van der Waals surface area contributed by atoms with E-state index in [-0.39, 0.29) is 11.1 Å². The van der Waals surface area contributed by atoms with Gasteiger partial charge >= 0.3 is 0 Å². The van der Waals surface area contributed by atoms with Crippen LogP contribution in [0.2, 0.25) is 0 Å². The second-order valence-corrected chi connectivity index (χ2v) is 3.87. The molecule has 0 fully saturated rings. The Bertz CT molecular complexity index is 664. The number of ether oxygens (including phenoxy) is 1. The van der Waals surface area contributed by atoms with Crippen LogP contribution in [0.15, 0.2) is 35.3 Å². The second-order valence-electron chi connectivity index (χ2n) is 3.87. The van der Waals surface area contributed by atoms with E-state index in [4.69, 9.17) is 10.00 Å². The number of hydrogen-bond donors (Lipinski definition) is 1. The van der Waals surface area contributed by atoms with Gasteiger partial charge in [0.05, 0.1) is 7.11 Å². The van der Waals surface area contributed by atoms with E-state index in [1.54, 1.807) is 20.2 Å². The van der Waals surface area contributed by atoms with Gasteiger partial charge in [0.2, 0.25) is 0 Å². The summed E-state index contributed by atoms with van der Waals surface area (Å²) in [7, 11) is 1.61. The predicted octanol–water partition coefficient (Wildman–Crippen LogP) is 2.23. The molecular formula is C14H12N2O2. The van der Waals surface area contributed by atoms with Gasteiger partial charge in [-0.2, -0.15) is 5.26 Å². The number of methoxy groups -OCH3 is 1. The predicted molar refractivity (Wildman–Crippen MR) is 68.5 cm³/mol. The van der Waals surface area contributed by atoms with Crippen molar-refractivity contribution in [2.24, 2.45) is 0 Å². The topological polar surface area (TPSA) is 65.9 Å². The number of nitrogens with one attached hydrogen (secondary N) is 1. The third kappa shape index (κ3) is 1.98. The van der Waals surface area contributed by atoms with Crippen LogP contribution >= 0.6 is 0 Å². The SMILES string of the molecule is COc1ccc(-c2c[nH]c(=O)c(C#N)c2C)cc1. The van der Waals surface area contributed by atoms with Gasteiger partial charge in [-0.1, -0.05) is 12.1 Å². The molecule has 18 heavy (non-hydrogen) atoms. The standard InChI is InChI=1S/C14H12N2O2/c1-9-12(7-15)14(17)16-8-13(9)10-3-5-11(18-2)6-4-10/h3-6,8H,1-2H3,(H,16,17). The number of nitriles is 1. The van der Waals surface area contributed by atoms with E-state index >= 15 is 0 Å². The van der Waals surface area contributed by atoms with Crippen LogP contribution in [0.25, 0.3) is 11.1 Å². The maximum Gasteiger partial charge on any atom is 0.266 e. The molecule has 4 heteroatoms. The maximum absolute atomic E-state index is 11.5. The summed E-state index contributed by atoms with van der Waals surface area (Å²) in [5.41, 5.74) is 2.26. The van der Waals surface area contributed by atoms with E-state index in [2.05, 4.69) is 4.98 Å². The van der Waals surface area contributed by atoms with Crippen LogP contribution in [0, 0.1) is 18.3 Å². The van der Waals surface area contributed by atoms with Crippen LogP contribution < -0.4 is 10.3 Å². The van der Waals surface area contributed by atoms with Gasteiger partial charge in [-0.25, -0.2) is 0 Å². The van der Waals surface area contributed by atoms with Crippen molar-refractivity contribution >= 4 is 0 Å². The summed E-state index contributed by atoms with van der Waals surface area (Å²) in [6.07, 6.45) is 1.63. The molecule has 0 atom stereocenters. The van der Waals surface area contributed by atoms with Crippen molar-refractivity contribution < 1.29 is 4.74 Å². The number of aromatic nitrogens is 1. The molecule has 1 heterocycles. The lowest BCUT2D eigenvalue weighted by Gasteiger charge is -2.07. The molecule has 1 aromatic carbocycles. The highest BCUT2D eigenvalue weighted by Crippen LogP contribution is 2.25. The summed E-state index contributed by atoms with van der Waals surface area (Å²) in [5.74, 6) is 0.765. The van der Waals surface area contributed by atoms with Gasteiger partial charge in [-0.15, -0.1) is 0 Å². The first-order chi connectivity index (χ1) is 8.67. The van der Waals surface area contributed by atoms with Gasteiger partial charge in [0, 0.05) is 11.8 Å². The number of pyridine rings is 1. The average molecular weight is 240 g/mol. The molecule has 0 aliphatic carbocycles. The molecule has 2 aromatic rings. The van der Waals surface area contributed by atoms with Crippen LogP contribution in [-0.2, 0) is 0 Å². The Hall–Kier alpha value is -2.54. The molecule has 0 aliphatic heterocycles. The molecule has 0 spiro atoms. The highest BCUT2D eigenvalue weighted by atomic mass is 16.5. The van der Waals surface area contributed by atoms with Crippen LogP contribution in [0.4, 0.5) is 0 Å². The van der Waals surface area contributed by atoms with E-state index in [0.29, 0.717) is 5.56 Å². The van der Waals surface area contributed by atoms with E-state index in [1.807, 2.05) is 30.3 Å². The zero-order valence-corrected chi connectivity index (χ0v) is 10.2. The van der Waals surface area contributed by atoms with E-state index in [1.165, 1.54) is 0 Å². The number of hydrogen-bond acceptors (Lipinski definition) is 3. The van der Waals surface area contributed by atoms with Crippen molar-refractivity contribution in [3.63, 3.8) is 0 Å². The monoisotopic (exact) mass is 240 g/mol. The molecule has 0 amide bonds. The Morgan fingerprint density at radius 3 is 2.50 bits per heavy atom. The minimum absolute atomic E-state index is 0.156. The molecule has 1 N–H and O–H groups in total. The zero-order chi connectivity index (χ0) is 13.1. The van der Waals surface area contributed by atoms with Crippen molar-refractivity contribution in [1.82, 2.24) is 4.98 Å². The van der Waals surface area contributed by atoms with E-state index < -0.39 is 0 Å². The van der Waals surface area contributed by atoms with Crippen molar-refractivity contribution in [3.8, 4) is 22.9 Å². The minimum atomic E-state index is -0.354. The third-order valence-corrected chi connectivity index (χ3v) is 2.87. The molecule has 1 aromatic heterocycles. The molecule has 0 saturated carbocycles. The number of aromatic amines is 1. The molecular weight excluding hydrogens is 228 g/mol. The Morgan fingerprint density at radius 2 is 1.94 bits per heavy atom. The Balaban J connectivity index is 2.58. The van der Waals surface area contributed by atoms with Crippen LogP contribution in [0.1, 0.15) is 11.1 Å². The average Bonchev–Trinajstić information content (AvgIpc) is 2.40. The number of benzene rings is 1. The smallest absolute Gasteiger partial charge is 0.266 e. The van der Waals surface area contributed by atoms with Crippen molar-refractivity contribution in [1.29, 1.82) is 5.26 Å². The fourth-order valence-corrected chi connectivity index (χ4v) is 1.83. The Kier molecular flexibility index (Phi) is 3.16. The summed E-state index contributed by atoms with van der Waals surface area (Å²) >= 11 is 0. The van der Waals surface area contributed by atoms with Crippen molar-refractivity contribution in [2.45, 2.75) is 6.92 Å². The van der Waals surface area contributed by atoms with Crippen LogP contribution in [0.3, 0.4) is 0 Å².